The summed E-state index contributed by atoms with van der Waals surface area (Å²) in [5.41, 5.74) is 9.78. The van der Waals surface area contributed by atoms with Crippen molar-refractivity contribution in [3.8, 4) is 0 Å². The first kappa shape index (κ1) is 11.3. The third-order valence-electron chi connectivity index (χ3n) is 2.31. The minimum Gasteiger partial charge on any atom is -0.390 e. The topological polar surface area (TPSA) is 92.5 Å². The van der Waals surface area contributed by atoms with E-state index in [1.807, 2.05) is 0 Å². The summed E-state index contributed by atoms with van der Waals surface area (Å²) in [6, 6.07) is 0. The van der Waals surface area contributed by atoms with Crippen LogP contribution in [-0.4, -0.2) is 21.9 Å². The van der Waals surface area contributed by atoms with E-state index in [4.69, 9.17) is 11.5 Å². The number of hydrogen-bond acceptors (Lipinski definition) is 4. The summed E-state index contributed by atoms with van der Waals surface area (Å²) in [6.45, 7) is 4.89. The monoisotopic (exact) mass is 174 g/mol. The minimum absolute atomic E-state index is 0.0697. The lowest BCUT2D eigenvalue weighted by Crippen LogP contribution is -2.43. The molecule has 0 spiro atoms. The van der Waals surface area contributed by atoms with Crippen molar-refractivity contribution in [1.29, 1.82) is 0 Å². The van der Waals surface area contributed by atoms with Gasteiger partial charge in [-0.2, -0.15) is 0 Å². The van der Waals surface area contributed by atoms with E-state index in [9.17, 15) is 10.2 Å². The molecule has 4 heteroatoms. The van der Waals surface area contributed by atoms with Gasteiger partial charge in [0.1, 0.15) is 5.60 Å². The molecule has 0 aromatic rings. The van der Waals surface area contributed by atoms with Gasteiger partial charge in [0.2, 0.25) is 0 Å². The maximum Gasteiger partial charge on any atom is 0.114 e. The Labute approximate surface area is 72.9 Å². The molecule has 0 aliphatic rings. The summed E-state index contributed by atoms with van der Waals surface area (Å²) in [5, 5.41) is 19.2. The van der Waals surface area contributed by atoms with E-state index in [1.165, 1.54) is 6.92 Å². The Morgan fingerprint density at radius 2 is 1.92 bits per heavy atom. The SMILES string of the molecule is CCC(O)(C(C)=C(N)N)C(C)O. The summed E-state index contributed by atoms with van der Waals surface area (Å²) in [7, 11) is 0. The molecule has 0 aromatic carbocycles. The zero-order valence-corrected chi connectivity index (χ0v) is 7.83. The summed E-state index contributed by atoms with van der Waals surface area (Å²) in [6.07, 6.45) is -0.487. The molecule has 0 aromatic heterocycles. The molecule has 0 aliphatic carbocycles. The van der Waals surface area contributed by atoms with E-state index in [-0.39, 0.29) is 5.82 Å². The smallest absolute Gasteiger partial charge is 0.114 e. The molecule has 4 nitrogen and oxygen atoms in total. The third kappa shape index (κ3) is 1.89. The van der Waals surface area contributed by atoms with Gasteiger partial charge in [-0.15, -0.1) is 0 Å². The van der Waals surface area contributed by atoms with Crippen LogP contribution in [-0.2, 0) is 0 Å². The Hall–Kier alpha value is -0.740. The number of hydrogen-bond donors (Lipinski definition) is 4. The van der Waals surface area contributed by atoms with E-state index >= 15 is 0 Å². The van der Waals surface area contributed by atoms with Gasteiger partial charge < -0.3 is 21.7 Å². The molecular formula is C8H18N2O2. The van der Waals surface area contributed by atoms with Gasteiger partial charge in [0.25, 0.3) is 0 Å². The van der Waals surface area contributed by atoms with E-state index in [0.29, 0.717) is 12.0 Å². The summed E-state index contributed by atoms with van der Waals surface area (Å²) < 4.78 is 0. The number of rotatable bonds is 3. The van der Waals surface area contributed by atoms with Crippen molar-refractivity contribution in [1.82, 2.24) is 0 Å². The fourth-order valence-corrected chi connectivity index (χ4v) is 1.12. The standard InChI is InChI=1S/C8H18N2O2/c1-4-8(12,6(3)11)5(2)7(9)10/h6,11-12H,4,9-10H2,1-3H3. The summed E-state index contributed by atoms with van der Waals surface area (Å²) >= 11 is 0. The van der Waals surface area contributed by atoms with Crippen molar-refractivity contribution in [2.75, 3.05) is 0 Å². The van der Waals surface area contributed by atoms with Crippen LogP contribution in [0.4, 0.5) is 0 Å². The van der Waals surface area contributed by atoms with Crippen LogP contribution in [0.15, 0.2) is 11.4 Å². The van der Waals surface area contributed by atoms with Crippen molar-refractivity contribution in [3.63, 3.8) is 0 Å². The zero-order valence-electron chi connectivity index (χ0n) is 7.83. The van der Waals surface area contributed by atoms with Gasteiger partial charge in [-0.3, -0.25) is 0 Å². The Balaban J connectivity index is 4.89. The first-order valence-corrected chi connectivity index (χ1v) is 3.99. The normalized spacial score (nSPS) is 18.1. The Morgan fingerprint density at radius 1 is 1.50 bits per heavy atom. The lowest BCUT2D eigenvalue weighted by atomic mass is 9.87. The predicted octanol–water partition coefficient (Wildman–Crippen LogP) is -0.343. The quantitative estimate of drug-likeness (QED) is 0.471. The summed E-state index contributed by atoms with van der Waals surface area (Å²) in [4.78, 5) is 0. The Bertz CT molecular complexity index is 185. The highest BCUT2D eigenvalue weighted by molar-refractivity contribution is 5.19. The molecule has 6 N–H and O–H groups in total. The maximum atomic E-state index is 9.87. The fraction of sp³-hybridized carbons (Fsp3) is 0.750. The van der Waals surface area contributed by atoms with Gasteiger partial charge in [0.15, 0.2) is 0 Å². The average molecular weight is 174 g/mol. The highest BCUT2D eigenvalue weighted by Crippen LogP contribution is 2.24. The van der Waals surface area contributed by atoms with Gasteiger partial charge in [0, 0.05) is 5.57 Å². The van der Waals surface area contributed by atoms with E-state index < -0.39 is 11.7 Å². The zero-order chi connectivity index (χ0) is 9.94. The lowest BCUT2D eigenvalue weighted by molar-refractivity contribution is -0.0409. The molecule has 0 amide bonds. The Morgan fingerprint density at radius 3 is 2.00 bits per heavy atom. The largest absolute Gasteiger partial charge is 0.390 e. The second kappa shape index (κ2) is 3.78. The predicted molar refractivity (Wildman–Crippen MR) is 48.0 cm³/mol. The molecule has 72 valence electrons. The van der Waals surface area contributed by atoms with Gasteiger partial charge >= 0.3 is 0 Å². The second-order valence-corrected chi connectivity index (χ2v) is 3.03. The molecular weight excluding hydrogens is 156 g/mol. The van der Waals surface area contributed by atoms with E-state index in [0.717, 1.165) is 0 Å². The highest BCUT2D eigenvalue weighted by Gasteiger charge is 2.33. The van der Waals surface area contributed by atoms with Gasteiger partial charge in [-0.1, -0.05) is 6.92 Å². The van der Waals surface area contributed by atoms with Crippen LogP contribution in [0.3, 0.4) is 0 Å². The van der Waals surface area contributed by atoms with Gasteiger partial charge in [-0.25, -0.2) is 0 Å². The van der Waals surface area contributed by atoms with Gasteiger partial charge in [-0.05, 0) is 20.3 Å². The molecule has 0 saturated heterocycles. The van der Waals surface area contributed by atoms with Gasteiger partial charge in [0.05, 0.1) is 11.9 Å². The van der Waals surface area contributed by atoms with E-state index in [1.54, 1.807) is 13.8 Å². The van der Waals surface area contributed by atoms with E-state index in [2.05, 4.69) is 0 Å². The molecule has 2 atom stereocenters. The Kier molecular flexibility index (Phi) is 3.55. The van der Waals surface area contributed by atoms with Crippen molar-refractivity contribution >= 4 is 0 Å². The van der Waals surface area contributed by atoms with Crippen LogP contribution in [0.5, 0.6) is 0 Å². The number of aliphatic hydroxyl groups is 2. The maximum absolute atomic E-state index is 9.87. The number of aliphatic hydroxyl groups excluding tert-OH is 1. The average Bonchev–Trinajstić information content (AvgIpc) is 2.01. The van der Waals surface area contributed by atoms with Crippen LogP contribution in [0.25, 0.3) is 0 Å². The molecule has 0 rings (SSSR count). The highest BCUT2D eigenvalue weighted by atomic mass is 16.3. The van der Waals surface area contributed by atoms with Crippen LogP contribution in [0, 0.1) is 0 Å². The van der Waals surface area contributed by atoms with Crippen LogP contribution >= 0.6 is 0 Å². The van der Waals surface area contributed by atoms with Crippen LogP contribution < -0.4 is 11.5 Å². The molecule has 0 saturated carbocycles. The molecule has 12 heavy (non-hydrogen) atoms. The molecule has 0 bridgehead atoms. The lowest BCUT2D eigenvalue weighted by Gasteiger charge is -2.31. The third-order valence-corrected chi connectivity index (χ3v) is 2.31. The first-order valence-electron chi connectivity index (χ1n) is 3.99. The van der Waals surface area contributed by atoms with Crippen molar-refractivity contribution in [2.24, 2.45) is 11.5 Å². The first-order chi connectivity index (χ1) is 5.36. The molecule has 0 aliphatic heterocycles. The second-order valence-electron chi connectivity index (χ2n) is 3.03. The van der Waals surface area contributed by atoms with Crippen LogP contribution in [0.2, 0.25) is 0 Å². The van der Waals surface area contributed by atoms with Crippen molar-refractivity contribution < 1.29 is 10.2 Å². The minimum atomic E-state index is -1.29. The molecule has 0 radical (unpaired) electrons. The summed E-state index contributed by atoms with van der Waals surface area (Å²) in [5.74, 6) is 0.0697. The molecule has 0 heterocycles. The fourth-order valence-electron chi connectivity index (χ4n) is 1.12. The number of nitrogens with two attached hydrogens (primary N) is 2. The molecule has 2 unspecified atom stereocenters. The van der Waals surface area contributed by atoms with Crippen molar-refractivity contribution in [2.45, 2.75) is 38.9 Å². The molecule has 0 fully saturated rings. The van der Waals surface area contributed by atoms with Crippen molar-refractivity contribution in [3.05, 3.63) is 11.4 Å². The van der Waals surface area contributed by atoms with Crippen LogP contribution in [0.1, 0.15) is 27.2 Å².